The Kier molecular flexibility index (Phi) is 4.63. The number of methoxy groups -OCH3 is 1. The van der Waals surface area contributed by atoms with Gasteiger partial charge in [0.2, 0.25) is 16.0 Å². The van der Waals surface area contributed by atoms with E-state index in [1.807, 2.05) is 54.6 Å². The number of carbonyl (C=O) groups excluding carboxylic acids is 1. The Bertz CT molecular complexity index is 1120. The lowest BCUT2D eigenvalue weighted by molar-refractivity contribution is -0.111. The highest BCUT2D eigenvalue weighted by Crippen LogP contribution is 2.30. The van der Waals surface area contributed by atoms with Gasteiger partial charge in [-0.05, 0) is 23.8 Å². The van der Waals surface area contributed by atoms with Crippen LogP contribution in [0.5, 0.6) is 5.75 Å². The summed E-state index contributed by atoms with van der Waals surface area (Å²) in [6.45, 7) is 0. The first-order valence-corrected chi connectivity index (χ1v) is 8.96. The van der Waals surface area contributed by atoms with Crippen LogP contribution >= 0.6 is 11.3 Å². The molecule has 7 nitrogen and oxygen atoms in total. The van der Waals surface area contributed by atoms with Gasteiger partial charge in [0.05, 0.1) is 12.7 Å². The first-order chi connectivity index (χ1) is 13.2. The van der Waals surface area contributed by atoms with Gasteiger partial charge in [-0.15, -0.1) is 15.3 Å². The fraction of sp³-hybridized carbons (Fsp3) is 0.0526. The zero-order chi connectivity index (χ0) is 18.6. The van der Waals surface area contributed by atoms with Gasteiger partial charge in [-0.1, -0.05) is 53.8 Å². The largest absolute Gasteiger partial charge is 0.496 e. The number of para-hydroxylation sites is 1. The number of nitrogens with zero attached hydrogens (tertiary/aromatic N) is 4. The van der Waals surface area contributed by atoms with Gasteiger partial charge in [-0.3, -0.25) is 10.1 Å². The Labute approximate surface area is 158 Å². The van der Waals surface area contributed by atoms with Gasteiger partial charge >= 0.3 is 0 Å². The molecule has 0 atom stereocenters. The molecule has 0 aliphatic carbocycles. The summed E-state index contributed by atoms with van der Waals surface area (Å²) in [6, 6.07) is 17.1. The van der Waals surface area contributed by atoms with Gasteiger partial charge in [0.1, 0.15) is 5.75 Å². The highest BCUT2D eigenvalue weighted by Gasteiger charge is 2.16. The van der Waals surface area contributed by atoms with E-state index >= 15 is 0 Å². The van der Waals surface area contributed by atoms with E-state index in [4.69, 9.17) is 4.74 Å². The normalized spacial score (nSPS) is 11.1. The Morgan fingerprint density at radius 3 is 2.70 bits per heavy atom. The number of rotatable bonds is 5. The maximum absolute atomic E-state index is 12.1. The SMILES string of the molecule is COc1ccccc1-c1nnc2sc(NC(=O)C=Cc3ccccc3)nn12. The van der Waals surface area contributed by atoms with Crippen molar-refractivity contribution in [2.45, 2.75) is 0 Å². The Morgan fingerprint density at radius 1 is 1.11 bits per heavy atom. The minimum atomic E-state index is -0.261. The van der Waals surface area contributed by atoms with Crippen molar-refractivity contribution < 1.29 is 9.53 Å². The number of aromatic nitrogens is 4. The van der Waals surface area contributed by atoms with E-state index in [0.29, 0.717) is 21.7 Å². The van der Waals surface area contributed by atoms with E-state index < -0.39 is 0 Å². The molecule has 1 amide bonds. The molecule has 0 aliphatic heterocycles. The lowest BCUT2D eigenvalue weighted by atomic mass is 10.2. The molecule has 0 saturated carbocycles. The van der Waals surface area contributed by atoms with Crippen LogP contribution in [0.3, 0.4) is 0 Å². The monoisotopic (exact) mass is 377 g/mol. The summed E-state index contributed by atoms with van der Waals surface area (Å²) < 4.78 is 6.98. The van der Waals surface area contributed by atoms with Crippen LogP contribution in [0.15, 0.2) is 60.7 Å². The van der Waals surface area contributed by atoms with Gasteiger partial charge in [-0.25, -0.2) is 0 Å². The number of ether oxygens (including phenoxy) is 1. The second-order valence-electron chi connectivity index (χ2n) is 5.56. The predicted molar refractivity (Wildman–Crippen MR) is 105 cm³/mol. The second-order valence-corrected chi connectivity index (χ2v) is 6.51. The third-order valence-electron chi connectivity index (χ3n) is 3.80. The summed E-state index contributed by atoms with van der Waals surface area (Å²) >= 11 is 1.25. The average Bonchev–Trinajstić information content (AvgIpc) is 3.27. The zero-order valence-corrected chi connectivity index (χ0v) is 15.2. The lowest BCUT2D eigenvalue weighted by Crippen LogP contribution is -2.08. The van der Waals surface area contributed by atoms with Crippen molar-refractivity contribution in [3.05, 3.63) is 66.2 Å². The number of nitrogens with one attached hydrogen (secondary N) is 1. The molecule has 0 radical (unpaired) electrons. The zero-order valence-electron chi connectivity index (χ0n) is 14.4. The smallest absolute Gasteiger partial charge is 0.250 e. The van der Waals surface area contributed by atoms with Crippen molar-refractivity contribution in [1.82, 2.24) is 19.8 Å². The molecule has 4 aromatic rings. The van der Waals surface area contributed by atoms with Crippen LogP contribution in [0.2, 0.25) is 0 Å². The molecule has 0 fully saturated rings. The summed E-state index contributed by atoms with van der Waals surface area (Å²) in [4.78, 5) is 12.7. The molecule has 0 spiro atoms. The number of carbonyl (C=O) groups is 1. The summed E-state index contributed by atoms with van der Waals surface area (Å²) in [5.41, 5.74) is 1.73. The quantitative estimate of drug-likeness (QED) is 0.538. The molecular weight excluding hydrogens is 362 g/mol. The summed E-state index contributed by atoms with van der Waals surface area (Å²) in [5, 5.41) is 15.9. The van der Waals surface area contributed by atoms with Gasteiger partial charge in [0.15, 0.2) is 5.82 Å². The van der Waals surface area contributed by atoms with Crippen molar-refractivity contribution in [3.8, 4) is 17.1 Å². The Morgan fingerprint density at radius 2 is 1.89 bits per heavy atom. The molecule has 2 aromatic heterocycles. The van der Waals surface area contributed by atoms with Crippen LogP contribution in [0.25, 0.3) is 22.4 Å². The number of hydrogen-bond donors (Lipinski definition) is 1. The van der Waals surface area contributed by atoms with E-state index in [-0.39, 0.29) is 5.91 Å². The van der Waals surface area contributed by atoms with E-state index in [0.717, 1.165) is 11.1 Å². The molecule has 0 bridgehead atoms. The van der Waals surface area contributed by atoms with E-state index in [9.17, 15) is 4.79 Å². The standard InChI is InChI=1S/C19H15N5O2S/c1-26-15-10-6-5-9-14(15)17-21-22-19-24(17)23-18(27-19)20-16(25)12-11-13-7-3-2-4-8-13/h2-12H,1H3,(H,20,23,25). The second kappa shape index (κ2) is 7.38. The summed E-state index contributed by atoms with van der Waals surface area (Å²) in [6.07, 6.45) is 3.22. The summed E-state index contributed by atoms with van der Waals surface area (Å²) in [7, 11) is 1.60. The predicted octanol–water partition coefficient (Wildman–Crippen LogP) is 3.51. The molecule has 0 saturated heterocycles. The average molecular weight is 377 g/mol. The fourth-order valence-corrected chi connectivity index (χ4v) is 3.29. The van der Waals surface area contributed by atoms with Crippen LogP contribution in [0, 0.1) is 0 Å². The van der Waals surface area contributed by atoms with Crippen molar-refractivity contribution in [2.75, 3.05) is 12.4 Å². The fourth-order valence-electron chi connectivity index (χ4n) is 2.55. The number of anilines is 1. The van der Waals surface area contributed by atoms with Gasteiger partial charge < -0.3 is 4.74 Å². The number of fused-ring (bicyclic) bond motifs is 1. The number of amides is 1. The van der Waals surface area contributed by atoms with Crippen LogP contribution in [-0.2, 0) is 4.79 Å². The van der Waals surface area contributed by atoms with Crippen molar-refractivity contribution in [3.63, 3.8) is 0 Å². The molecular formula is C19H15N5O2S. The third kappa shape index (κ3) is 3.56. The van der Waals surface area contributed by atoms with Gasteiger partial charge in [0, 0.05) is 6.08 Å². The van der Waals surface area contributed by atoms with E-state index in [2.05, 4.69) is 20.6 Å². The lowest BCUT2D eigenvalue weighted by Gasteiger charge is -2.04. The van der Waals surface area contributed by atoms with Crippen molar-refractivity contribution >= 4 is 33.4 Å². The molecule has 134 valence electrons. The Hall–Kier alpha value is -3.52. The number of hydrogen-bond acceptors (Lipinski definition) is 6. The maximum Gasteiger partial charge on any atom is 0.250 e. The minimum Gasteiger partial charge on any atom is -0.496 e. The van der Waals surface area contributed by atoms with Gasteiger partial charge in [0.25, 0.3) is 0 Å². The third-order valence-corrected chi connectivity index (χ3v) is 4.61. The highest BCUT2D eigenvalue weighted by molar-refractivity contribution is 7.20. The molecule has 8 heteroatoms. The maximum atomic E-state index is 12.1. The van der Waals surface area contributed by atoms with Crippen LogP contribution in [0.1, 0.15) is 5.56 Å². The highest BCUT2D eigenvalue weighted by atomic mass is 32.1. The minimum absolute atomic E-state index is 0.261. The van der Waals surface area contributed by atoms with Crippen LogP contribution < -0.4 is 10.1 Å². The first kappa shape index (κ1) is 16.9. The van der Waals surface area contributed by atoms with Crippen molar-refractivity contribution in [2.24, 2.45) is 0 Å². The van der Waals surface area contributed by atoms with Crippen molar-refractivity contribution in [1.29, 1.82) is 0 Å². The molecule has 27 heavy (non-hydrogen) atoms. The van der Waals surface area contributed by atoms with E-state index in [1.54, 1.807) is 17.7 Å². The molecule has 0 aliphatic rings. The van der Waals surface area contributed by atoms with E-state index in [1.165, 1.54) is 17.4 Å². The topological polar surface area (TPSA) is 81.4 Å². The first-order valence-electron chi connectivity index (χ1n) is 8.14. The molecule has 4 rings (SSSR count). The molecule has 1 N–H and O–H groups in total. The number of benzene rings is 2. The molecule has 2 heterocycles. The van der Waals surface area contributed by atoms with Crippen LogP contribution in [0.4, 0.5) is 5.13 Å². The van der Waals surface area contributed by atoms with Gasteiger partial charge in [-0.2, -0.15) is 4.52 Å². The van der Waals surface area contributed by atoms with Crippen LogP contribution in [-0.4, -0.2) is 32.8 Å². The Balaban J connectivity index is 1.57. The summed E-state index contributed by atoms with van der Waals surface area (Å²) in [5.74, 6) is 0.970. The molecule has 2 aromatic carbocycles. The molecule has 0 unspecified atom stereocenters.